The van der Waals surface area contributed by atoms with Crippen molar-refractivity contribution < 1.29 is 0 Å². The van der Waals surface area contributed by atoms with Crippen molar-refractivity contribution in [3.8, 4) is 0 Å². The zero-order valence-corrected chi connectivity index (χ0v) is 15.9. The molecule has 0 fully saturated rings. The predicted octanol–water partition coefficient (Wildman–Crippen LogP) is 7.50. The number of rotatable bonds is 4. The first-order valence-electron chi connectivity index (χ1n) is 8.66. The first-order chi connectivity index (χ1) is 9.72. The summed E-state index contributed by atoms with van der Waals surface area (Å²) in [6, 6.07) is 1.89. The maximum Gasteiger partial charge on any atom is 0.0489 e. The summed E-state index contributed by atoms with van der Waals surface area (Å²) in [5, 5.41) is 3.83. The monoisotopic (exact) mass is 302 g/mol. The Bertz CT molecular complexity index is 175. The maximum atomic E-state index is 3.83. The molecule has 0 N–H and O–H groups in total. The Morgan fingerprint density at radius 1 is 0.762 bits per heavy atom. The molecule has 0 radical (unpaired) electrons. The number of hydrogen-bond acceptors (Lipinski definition) is 1. The van der Waals surface area contributed by atoms with E-state index in [0.717, 1.165) is 0 Å². The lowest BCUT2D eigenvalue weighted by molar-refractivity contribution is 0.702. The van der Waals surface area contributed by atoms with Crippen LogP contribution in [-0.4, -0.2) is 9.78 Å². The van der Waals surface area contributed by atoms with Crippen molar-refractivity contribution in [1.82, 2.24) is 9.78 Å². The fraction of sp³-hybridized carbons (Fsp3) is 0.842. The van der Waals surface area contributed by atoms with Crippen molar-refractivity contribution in [3.63, 3.8) is 0 Å². The summed E-state index contributed by atoms with van der Waals surface area (Å²) in [6.07, 6.45) is 11.8. The van der Waals surface area contributed by atoms with Crippen molar-refractivity contribution in [2.24, 2.45) is 7.05 Å². The Labute approximate surface area is 137 Å². The second kappa shape index (κ2) is 42.7. The van der Waals surface area contributed by atoms with E-state index in [2.05, 4.69) is 32.8 Å². The smallest absolute Gasteiger partial charge is 0.0489 e. The molecule has 1 aromatic rings. The van der Waals surface area contributed by atoms with E-state index in [4.69, 9.17) is 0 Å². The van der Waals surface area contributed by atoms with Gasteiger partial charge < -0.3 is 0 Å². The third-order valence-electron chi connectivity index (χ3n) is 2.09. The van der Waals surface area contributed by atoms with E-state index in [1.165, 1.54) is 38.5 Å². The molecule has 0 amide bonds. The Balaban J connectivity index is -0.0000000541. The number of aryl methyl sites for hydroxylation is 1. The third kappa shape index (κ3) is 54.6. The van der Waals surface area contributed by atoms with Gasteiger partial charge in [0, 0.05) is 19.4 Å². The van der Waals surface area contributed by atoms with E-state index in [0.29, 0.717) is 0 Å². The van der Waals surface area contributed by atoms with Crippen molar-refractivity contribution in [2.75, 3.05) is 0 Å². The average molecular weight is 303 g/mol. The van der Waals surface area contributed by atoms with Crippen LogP contribution in [0.15, 0.2) is 18.5 Å². The van der Waals surface area contributed by atoms with Gasteiger partial charge in [-0.1, -0.05) is 101 Å². The second-order valence-corrected chi connectivity index (χ2v) is 3.89. The highest BCUT2D eigenvalue weighted by Crippen LogP contribution is 1.95. The van der Waals surface area contributed by atoms with Gasteiger partial charge in [0.25, 0.3) is 0 Å². The standard InChI is InChI=1S/C6H14.C4H6N2.C4H10.2C2H6.CH4/c1-3-5-6-4-2;1-6-4-2-3-5-6;1-3-4-2;2*1-2;/h3-6H2,1-2H3;2-4H,1H3;3-4H2,1-2H3;2*1-2H3;1H4. The van der Waals surface area contributed by atoms with Crippen LogP contribution in [0.3, 0.4) is 0 Å². The van der Waals surface area contributed by atoms with Crippen LogP contribution in [0.2, 0.25) is 0 Å². The molecule has 0 saturated heterocycles. The number of nitrogens with zero attached hydrogens (tertiary/aromatic N) is 2. The molecule has 0 aliphatic rings. The molecular weight excluding hydrogens is 256 g/mol. The highest BCUT2D eigenvalue weighted by molar-refractivity contribution is 4.75. The summed E-state index contributed by atoms with van der Waals surface area (Å²) in [6.45, 7) is 16.8. The molecule has 0 saturated carbocycles. The molecule has 0 aromatic carbocycles. The Morgan fingerprint density at radius 2 is 1.14 bits per heavy atom. The third-order valence-corrected chi connectivity index (χ3v) is 2.09. The Kier molecular flexibility index (Phi) is 65.6. The molecule has 0 spiro atoms. The van der Waals surface area contributed by atoms with Gasteiger partial charge in [0.1, 0.15) is 0 Å². The van der Waals surface area contributed by atoms with Crippen LogP contribution in [-0.2, 0) is 7.05 Å². The zero-order valence-electron chi connectivity index (χ0n) is 15.9. The minimum atomic E-state index is 0. The molecule has 0 aliphatic carbocycles. The molecule has 1 aromatic heterocycles. The first kappa shape index (κ1) is 32.2. The van der Waals surface area contributed by atoms with Crippen LogP contribution in [0.4, 0.5) is 0 Å². The molecule has 2 heteroatoms. The molecule has 1 rings (SSSR count). The Hall–Kier alpha value is -0.790. The van der Waals surface area contributed by atoms with Gasteiger partial charge in [-0.15, -0.1) is 0 Å². The van der Waals surface area contributed by atoms with Gasteiger partial charge in [0.15, 0.2) is 0 Å². The molecule has 0 bridgehead atoms. The highest BCUT2D eigenvalue weighted by Gasteiger charge is 1.75. The number of unbranched alkanes of at least 4 members (excludes halogenated alkanes) is 4. The van der Waals surface area contributed by atoms with Gasteiger partial charge in [0.05, 0.1) is 0 Å². The molecule has 21 heavy (non-hydrogen) atoms. The second-order valence-electron chi connectivity index (χ2n) is 3.89. The van der Waals surface area contributed by atoms with E-state index in [-0.39, 0.29) is 7.43 Å². The fourth-order valence-electron chi connectivity index (χ4n) is 0.845. The lowest BCUT2D eigenvalue weighted by Gasteiger charge is -1.86. The Morgan fingerprint density at radius 3 is 1.24 bits per heavy atom. The van der Waals surface area contributed by atoms with Crippen LogP contribution in [0.5, 0.6) is 0 Å². The van der Waals surface area contributed by atoms with E-state index in [1.807, 2.05) is 47.0 Å². The van der Waals surface area contributed by atoms with Crippen molar-refractivity contribution in [1.29, 1.82) is 0 Å². The summed E-state index contributed by atoms with van der Waals surface area (Å²) >= 11 is 0. The van der Waals surface area contributed by atoms with E-state index in [9.17, 15) is 0 Å². The SMILES string of the molecule is C.CC.CC.CCCC.CCCCCC.Cn1cccn1. The summed E-state index contributed by atoms with van der Waals surface area (Å²) in [4.78, 5) is 0. The predicted molar refractivity (Wildman–Crippen MR) is 103 cm³/mol. The minimum Gasteiger partial charge on any atom is -0.276 e. The molecule has 132 valence electrons. The van der Waals surface area contributed by atoms with E-state index in [1.54, 1.807) is 10.9 Å². The van der Waals surface area contributed by atoms with Crippen molar-refractivity contribution in [3.05, 3.63) is 18.5 Å². The lowest BCUT2D eigenvalue weighted by Crippen LogP contribution is -1.83. The lowest BCUT2D eigenvalue weighted by atomic mass is 10.2. The van der Waals surface area contributed by atoms with E-state index < -0.39 is 0 Å². The van der Waals surface area contributed by atoms with Crippen molar-refractivity contribution in [2.45, 2.75) is 101 Å². The van der Waals surface area contributed by atoms with Crippen LogP contribution >= 0.6 is 0 Å². The van der Waals surface area contributed by atoms with Crippen LogP contribution in [0, 0.1) is 0 Å². The fourth-order valence-corrected chi connectivity index (χ4v) is 0.845. The zero-order chi connectivity index (χ0) is 16.6. The number of hydrogen-bond donors (Lipinski definition) is 0. The molecular formula is C19H46N2. The number of aromatic nitrogens is 2. The highest BCUT2D eigenvalue weighted by atomic mass is 15.2. The largest absolute Gasteiger partial charge is 0.276 e. The molecule has 0 unspecified atom stereocenters. The molecule has 0 atom stereocenters. The van der Waals surface area contributed by atoms with Gasteiger partial charge in [0.2, 0.25) is 0 Å². The minimum absolute atomic E-state index is 0. The topological polar surface area (TPSA) is 17.8 Å². The maximum absolute atomic E-state index is 3.83. The summed E-state index contributed by atoms with van der Waals surface area (Å²) < 4.78 is 1.75. The van der Waals surface area contributed by atoms with Gasteiger partial charge in [-0.2, -0.15) is 5.10 Å². The summed E-state index contributed by atoms with van der Waals surface area (Å²) in [7, 11) is 1.89. The summed E-state index contributed by atoms with van der Waals surface area (Å²) in [5.41, 5.74) is 0. The van der Waals surface area contributed by atoms with Crippen LogP contribution in [0.25, 0.3) is 0 Å². The van der Waals surface area contributed by atoms with Gasteiger partial charge >= 0.3 is 0 Å². The van der Waals surface area contributed by atoms with Crippen molar-refractivity contribution >= 4 is 0 Å². The molecule has 1 heterocycles. The van der Waals surface area contributed by atoms with Gasteiger partial charge in [-0.3, -0.25) is 4.68 Å². The normalized spacial score (nSPS) is 7.10. The van der Waals surface area contributed by atoms with Crippen LogP contribution in [0.1, 0.15) is 101 Å². The molecule has 0 aliphatic heterocycles. The molecule has 2 nitrogen and oxygen atoms in total. The van der Waals surface area contributed by atoms with Gasteiger partial charge in [-0.05, 0) is 6.07 Å². The van der Waals surface area contributed by atoms with Crippen LogP contribution < -0.4 is 0 Å². The van der Waals surface area contributed by atoms with Gasteiger partial charge in [-0.25, -0.2) is 0 Å². The summed E-state index contributed by atoms with van der Waals surface area (Å²) in [5.74, 6) is 0. The quantitative estimate of drug-likeness (QED) is 0.526. The average Bonchev–Trinajstić information content (AvgIpc) is 3.01. The first-order valence-corrected chi connectivity index (χ1v) is 8.66. The van der Waals surface area contributed by atoms with E-state index >= 15 is 0 Å².